The normalized spacial score (nSPS) is 13.9. The van der Waals surface area contributed by atoms with Crippen molar-refractivity contribution >= 4 is 23.1 Å². The lowest BCUT2D eigenvalue weighted by molar-refractivity contribution is 0.0953. The number of carbonyl (C=O) groups excluding carboxylic acids is 1. The van der Waals surface area contributed by atoms with Crippen molar-refractivity contribution in [2.24, 2.45) is 0 Å². The molecule has 1 saturated heterocycles. The van der Waals surface area contributed by atoms with E-state index < -0.39 is 0 Å². The molecule has 0 spiro atoms. The topological polar surface area (TPSA) is 50.2 Å². The summed E-state index contributed by atoms with van der Waals surface area (Å²) in [7, 11) is 0. The van der Waals surface area contributed by atoms with Crippen LogP contribution in [0.2, 0.25) is 0 Å². The monoisotopic (exact) mass is 394 g/mol. The summed E-state index contributed by atoms with van der Waals surface area (Å²) < 4.78 is 2.11. The number of anilines is 1. The molecule has 0 bridgehead atoms. The molecule has 5 nitrogen and oxygen atoms in total. The summed E-state index contributed by atoms with van der Waals surface area (Å²) in [4.78, 5) is 20.9. The minimum absolute atomic E-state index is 0.0162. The summed E-state index contributed by atoms with van der Waals surface area (Å²) in [5.41, 5.74) is 3.71. The number of nitrogens with one attached hydrogen (secondary N) is 1. The molecule has 28 heavy (non-hydrogen) atoms. The standard InChI is InChI=1S/C22H26N4OS/c1-16-14-20(22(27)23-10-9-19-6-5-13-28-19)17(2)26(16)18-7-8-21(24-15-18)25-11-3-4-12-25/h5-8,13-15H,3-4,9-12H2,1-2H3,(H,23,27). The quantitative estimate of drug-likeness (QED) is 0.684. The van der Waals surface area contributed by atoms with Gasteiger partial charge in [-0.3, -0.25) is 4.79 Å². The number of nitrogens with zero attached hydrogens (tertiary/aromatic N) is 3. The van der Waals surface area contributed by atoms with Gasteiger partial charge >= 0.3 is 0 Å². The maximum absolute atomic E-state index is 12.7. The van der Waals surface area contributed by atoms with Crippen LogP contribution in [0.1, 0.15) is 39.5 Å². The highest BCUT2D eigenvalue weighted by Crippen LogP contribution is 2.23. The summed E-state index contributed by atoms with van der Waals surface area (Å²) in [6, 6.07) is 10.3. The Balaban J connectivity index is 1.48. The van der Waals surface area contributed by atoms with Gasteiger partial charge in [0.15, 0.2) is 0 Å². The van der Waals surface area contributed by atoms with Crippen LogP contribution in [0.15, 0.2) is 41.9 Å². The van der Waals surface area contributed by atoms with Gasteiger partial charge in [0.2, 0.25) is 0 Å². The molecule has 4 heterocycles. The van der Waals surface area contributed by atoms with Gasteiger partial charge in [0.25, 0.3) is 5.91 Å². The van der Waals surface area contributed by atoms with E-state index in [4.69, 9.17) is 0 Å². The predicted octanol–water partition coefficient (Wildman–Crippen LogP) is 4.12. The number of rotatable bonds is 6. The fourth-order valence-electron chi connectivity index (χ4n) is 3.88. The Morgan fingerprint density at radius 3 is 2.71 bits per heavy atom. The van der Waals surface area contributed by atoms with Crippen molar-refractivity contribution in [3.63, 3.8) is 0 Å². The first-order valence-corrected chi connectivity index (χ1v) is 10.7. The molecule has 0 atom stereocenters. The van der Waals surface area contributed by atoms with Gasteiger partial charge in [0.05, 0.1) is 17.4 Å². The van der Waals surface area contributed by atoms with Gasteiger partial charge in [-0.25, -0.2) is 4.98 Å². The van der Waals surface area contributed by atoms with Crippen molar-refractivity contribution in [1.29, 1.82) is 0 Å². The molecule has 1 amide bonds. The Labute approximate surface area is 170 Å². The second-order valence-electron chi connectivity index (χ2n) is 7.27. The molecule has 1 aliphatic rings. The Kier molecular flexibility index (Phi) is 5.48. The van der Waals surface area contributed by atoms with E-state index in [9.17, 15) is 4.79 Å². The van der Waals surface area contributed by atoms with E-state index in [0.717, 1.165) is 48.0 Å². The third-order valence-electron chi connectivity index (χ3n) is 5.33. The zero-order valence-electron chi connectivity index (χ0n) is 16.4. The second-order valence-corrected chi connectivity index (χ2v) is 8.31. The number of aryl methyl sites for hydroxylation is 1. The molecule has 6 heteroatoms. The summed E-state index contributed by atoms with van der Waals surface area (Å²) in [5.74, 6) is 1.02. The highest BCUT2D eigenvalue weighted by Gasteiger charge is 2.18. The smallest absolute Gasteiger partial charge is 0.253 e. The van der Waals surface area contributed by atoms with Gasteiger partial charge in [-0.1, -0.05) is 6.07 Å². The molecule has 146 valence electrons. The third-order valence-corrected chi connectivity index (χ3v) is 6.27. The molecular weight excluding hydrogens is 368 g/mol. The average molecular weight is 395 g/mol. The number of pyridine rings is 1. The Bertz CT molecular complexity index is 938. The zero-order valence-corrected chi connectivity index (χ0v) is 17.3. The molecule has 1 aliphatic heterocycles. The van der Waals surface area contributed by atoms with Gasteiger partial charge in [0.1, 0.15) is 5.82 Å². The Hall–Kier alpha value is -2.60. The molecule has 3 aromatic heterocycles. The summed E-state index contributed by atoms with van der Waals surface area (Å²) in [5, 5.41) is 5.11. The number of carbonyl (C=O) groups is 1. The first-order chi connectivity index (χ1) is 13.6. The van der Waals surface area contributed by atoms with Crippen LogP contribution < -0.4 is 10.2 Å². The molecule has 0 aliphatic carbocycles. The summed E-state index contributed by atoms with van der Waals surface area (Å²) in [6.07, 6.45) is 5.25. The van der Waals surface area contributed by atoms with Crippen molar-refractivity contribution in [2.75, 3.05) is 24.5 Å². The van der Waals surface area contributed by atoms with Crippen LogP contribution in [0.4, 0.5) is 5.82 Å². The summed E-state index contributed by atoms with van der Waals surface area (Å²) >= 11 is 1.72. The molecule has 0 unspecified atom stereocenters. The van der Waals surface area contributed by atoms with Gasteiger partial charge in [0, 0.05) is 35.9 Å². The molecule has 1 N–H and O–H groups in total. The second kappa shape index (κ2) is 8.19. The maximum atomic E-state index is 12.7. The van der Waals surface area contributed by atoms with E-state index in [1.165, 1.54) is 17.7 Å². The highest BCUT2D eigenvalue weighted by atomic mass is 32.1. The van der Waals surface area contributed by atoms with Crippen molar-refractivity contribution in [3.05, 3.63) is 63.7 Å². The van der Waals surface area contributed by atoms with Gasteiger partial charge < -0.3 is 14.8 Å². The third kappa shape index (κ3) is 3.83. The fourth-order valence-corrected chi connectivity index (χ4v) is 4.59. The van der Waals surface area contributed by atoms with Crippen LogP contribution in [0.5, 0.6) is 0 Å². The van der Waals surface area contributed by atoms with E-state index in [-0.39, 0.29) is 5.91 Å². The van der Waals surface area contributed by atoms with Crippen LogP contribution in [-0.2, 0) is 6.42 Å². The van der Waals surface area contributed by atoms with E-state index in [1.807, 2.05) is 32.2 Å². The molecule has 0 aromatic carbocycles. The SMILES string of the molecule is Cc1cc(C(=O)NCCc2cccs2)c(C)n1-c1ccc(N2CCCC2)nc1. The lowest BCUT2D eigenvalue weighted by Gasteiger charge is -2.17. The zero-order chi connectivity index (χ0) is 19.5. The van der Waals surface area contributed by atoms with Crippen molar-refractivity contribution in [1.82, 2.24) is 14.9 Å². The predicted molar refractivity (Wildman–Crippen MR) is 115 cm³/mol. The average Bonchev–Trinajstić information content (AvgIpc) is 3.44. The van der Waals surface area contributed by atoms with Gasteiger partial charge in [-0.15, -0.1) is 11.3 Å². The lowest BCUT2D eigenvalue weighted by Crippen LogP contribution is -2.26. The number of amides is 1. The minimum Gasteiger partial charge on any atom is -0.357 e. The van der Waals surface area contributed by atoms with Gasteiger partial charge in [-0.2, -0.15) is 0 Å². The Morgan fingerprint density at radius 2 is 2.04 bits per heavy atom. The van der Waals surface area contributed by atoms with Crippen LogP contribution in [-0.4, -0.2) is 35.1 Å². The molecule has 0 saturated carbocycles. The molecule has 4 rings (SSSR count). The number of hydrogen-bond acceptors (Lipinski definition) is 4. The number of hydrogen-bond donors (Lipinski definition) is 1. The van der Waals surface area contributed by atoms with E-state index in [1.54, 1.807) is 11.3 Å². The van der Waals surface area contributed by atoms with E-state index in [2.05, 4.69) is 43.3 Å². The molecular formula is C22H26N4OS. The molecule has 1 fully saturated rings. The van der Waals surface area contributed by atoms with Crippen molar-refractivity contribution in [2.45, 2.75) is 33.1 Å². The minimum atomic E-state index is -0.0162. The first kappa shape index (κ1) is 18.7. The first-order valence-electron chi connectivity index (χ1n) is 9.84. The fraction of sp³-hybridized carbons (Fsp3) is 0.364. The van der Waals surface area contributed by atoms with Crippen LogP contribution in [0.3, 0.4) is 0 Å². The lowest BCUT2D eigenvalue weighted by atomic mass is 10.2. The van der Waals surface area contributed by atoms with Crippen LogP contribution in [0, 0.1) is 13.8 Å². The molecule has 3 aromatic rings. The van der Waals surface area contributed by atoms with Crippen LogP contribution >= 0.6 is 11.3 Å². The number of thiophene rings is 1. The summed E-state index contributed by atoms with van der Waals surface area (Å²) in [6.45, 7) is 6.85. The van der Waals surface area contributed by atoms with Crippen molar-refractivity contribution < 1.29 is 4.79 Å². The number of aromatic nitrogens is 2. The largest absolute Gasteiger partial charge is 0.357 e. The maximum Gasteiger partial charge on any atom is 0.253 e. The Morgan fingerprint density at radius 1 is 1.21 bits per heavy atom. The van der Waals surface area contributed by atoms with E-state index >= 15 is 0 Å². The van der Waals surface area contributed by atoms with Gasteiger partial charge in [-0.05, 0) is 62.8 Å². The van der Waals surface area contributed by atoms with Crippen LogP contribution in [0.25, 0.3) is 5.69 Å². The molecule has 0 radical (unpaired) electrons. The van der Waals surface area contributed by atoms with Crippen molar-refractivity contribution in [3.8, 4) is 5.69 Å². The van der Waals surface area contributed by atoms with E-state index in [0.29, 0.717) is 6.54 Å². The highest BCUT2D eigenvalue weighted by molar-refractivity contribution is 7.09.